The highest BCUT2D eigenvalue weighted by Crippen LogP contribution is 2.18. The number of rotatable bonds is 5. The highest BCUT2D eigenvalue weighted by Gasteiger charge is 2.07. The molecule has 0 atom stereocenters. The molecule has 1 aromatic heterocycles. The van der Waals surface area contributed by atoms with Crippen LogP contribution in [0.1, 0.15) is 17.4 Å². The third-order valence-electron chi connectivity index (χ3n) is 2.72. The number of thioether (sulfide) groups is 1. The van der Waals surface area contributed by atoms with Gasteiger partial charge in [-0.05, 0) is 49.6 Å². The number of nitrogens with one attached hydrogen (secondary N) is 2. The van der Waals surface area contributed by atoms with E-state index in [1.807, 2.05) is 43.5 Å². The van der Waals surface area contributed by atoms with Crippen LogP contribution in [0.2, 0.25) is 0 Å². The van der Waals surface area contributed by atoms with Crippen molar-refractivity contribution in [2.45, 2.75) is 11.8 Å². The fourth-order valence-corrected chi connectivity index (χ4v) is 2.11. The number of aromatic nitrogens is 1. The van der Waals surface area contributed by atoms with Gasteiger partial charge >= 0.3 is 0 Å². The summed E-state index contributed by atoms with van der Waals surface area (Å²) < 4.78 is 0. The summed E-state index contributed by atoms with van der Waals surface area (Å²) in [4.78, 5) is 17.4. The summed E-state index contributed by atoms with van der Waals surface area (Å²) in [6.07, 6.45) is 3.68. The van der Waals surface area contributed by atoms with Crippen LogP contribution in [0.5, 0.6) is 0 Å². The Morgan fingerprint density at radius 1 is 1.15 bits per heavy atom. The molecule has 0 spiro atoms. The van der Waals surface area contributed by atoms with Gasteiger partial charge in [-0.2, -0.15) is 0 Å². The van der Waals surface area contributed by atoms with Gasteiger partial charge in [-0.3, -0.25) is 4.79 Å². The molecule has 20 heavy (non-hydrogen) atoms. The van der Waals surface area contributed by atoms with Gasteiger partial charge < -0.3 is 10.6 Å². The molecule has 0 saturated carbocycles. The molecule has 2 rings (SSSR count). The second-order valence-electron chi connectivity index (χ2n) is 4.15. The SMILES string of the molecule is CCNc1ccc(C(=O)Nc2ccc(SC)cc2)nc1. The van der Waals surface area contributed by atoms with E-state index in [0.29, 0.717) is 5.69 Å². The van der Waals surface area contributed by atoms with Crippen molar-refractivity contribution in [2.24, 2.45) is 0 Å². The van der Waals surface area contributed by atoms with E-state index >= 15 is 0 Å². The number of pyridine rings is 1. The van der Waals surface area contributed by atoms with Gasteiger partial charge in [-0.15, -0.1) is 11.8 Å². The highest BCUT2D eigenvalue weighted by atomic mass is 32.2. The normalized spacial score (nSPS) is 10.1. The Hall–Kier alpha value is -2.01. The zero-order chi connectivity index (χ0) is 14.4. The van der Waals surface area contributed by atoms with E-state index in [1.165, 1.54) is 0 Å². The van der Waals surface area contributed by atoms with E-state index in [-0.39, 0.29) is 5.91 Å². The maximum Gasteiger partial charge on any atom is 0.274 e. The Morgan fingerprint density at radius 3 is 2.40 bits per heavy atom. The maximum atomic E-state index is 12.0. The van der Waals surface area contributed by atoms with Crippen LogP contribution in [0.25, 0.3) is 0 Å². The lowest BCUT2D eigenvalue weighted by Crippen LogP contribution is -2.13. The number of amides is 1. The lowest BCUT2D eigenvalue weighted by molar-refractivity contribution is 0.102. The minimum Gasteiger partial charge on any atom is -0.384 e. The summed E-state index contributed by atoms with van der Waals surface area (Å²) in [6.45, 7) is 2.84. The van der Waals surface area contributed by atoms with Crippen LogP contribution in [0, 0.1) is 0 Å². The predicted octanol–water partition coefficient (Wildman–Crippen LogP) is 3.49. The molecule has 1 heterocycles. The van der Waals surface area contributed by atoms with Gasteiger partial charge in [0.05, 0.1) is 11.9 Å². The molecule has 1 aromatic carbocycles. The molecule has 0 unspecified atom stereocenters. The third kappa shape index (κ3) is 3.74. The van der Waals surface area contributed by atoms with Crippen LogP contribution < -0.4 is 10.6 Å². The molecule has 1 amide bonds. The molecule has 0 bridgehead atoms. The number of nitrogens with zero attached hydrogens (tertiary/aromatic N) is 1. The Morgan fingerprint density at radius 2 is 1.85 bits per heavy atom. The summed E-state index contributed by atoms with van der Waals surface area (Å²) in [5.74, 6) is -0.204. The molecule has 0 radical (unpaired) electrons. The molecule has 0 saturated heterocycles. The second kappa shape index (κ2) is 6.96. The molecule has 0 fully saturated rings. The fraction of sp³-hybridized carbons (Fsp3) is 0.200. The average molecular weight is 287 g/mol. The first-order valence-electron chi connectivity index (χ1n) is 6.38. The standard InChI is InChI=1S/C15H17N3OS/c1-3-16-12-6-9-14(17-10-12)15(19)18-11-4-7-13(20-2)8-5-11/h4-10,16H,3H2,1-2H3,(H,18,19). The third-order valence-corrected chi connectivity index (χ3v) is 3.47. The molecule has 2 aromatic rings. The first kappa shape index (κ1) is 14.4. The zero-order valence-corrected chi connectivity index (χ0v) is 12.3. The quantitative estimate of drug-likeness (QED) is 0.827. The summed E-state index contributed by atoms with van der Waals surface area (Å²) in [5, 5.41) is 5.97. The van der Waals surface area contributed by atoms with E-state index in [1.54, 1.807) is 24.0 Å². The molecular weight excluding hydrogens is 270 g/mol. The second-order valence-corrected chi connectivity index (χ2v) is 5.02. The Bertz CT molecular complexity index is 567. The van der Waals surface area contributed by atoms with E-state index < -0.39 is 0 Å². The number of hydrogen-bond donors (Lipinski definition) is 2. The maximum absolute atomic E-state index is 12.0. The smallest absolute Gasteiger partial charge is 0.274 e. The minimum atomic E-state index is -0.204. The Labute approximate surface area is 123 Å². The number of hydrogen-bond acceptors (Lipinski definition) is 4. The first-order chi connectivity index (χ1) is 9.72. The van der Waals surface area contributed by atoms with Crippen molar-refractivity contribution >= 4 is 29.0 Å². The molecule has 0 aliphatic heterocycles. The van der Waals surface area contributed by atoms with Crippen molar-refractivity contribution in [3.05, 3.63) is 48.3 Å². The number of carbonyl (C=O) groups is 1. The Kier molecular flexibility index (Phi) is 5.01. The zero-order valence-electron chi connectivity index (χ0n) is 11.5. The van der Waals surface area contributed by atoms with Gasteiger partial charge in [0.15, 0.2) is 0 Å². The number of benzene rings is 1. The van der Waals surface area contributed by atoms with Crippen molar-refractivity contribution in [3.8, 4) is 0 Å². The molecule has 0 aliphatic rings. The fourth-order valence-electron chi connectivity index (χ4n) is 1.71. The van der Waals surface area contributed by atoms with Crippen molar-refractivity contribution in [1.82, 2.24) is 4.98 Å². The molecule has 104 valence electrons. The summed E-state index contributed by atoms with van der Waals surface area (Å²) in [6, 6.07) is 11.3. The average Bonchev–Trinajstić information content (AvgIpc) is 2.49. The van der Waals surface area contributed by atoms with Crippen LogP contribution in [0.3, 0.4) is 0 Å². The topological polar surface area (TPSA) is 54.0 Å². The molecule has 5 heteroatoms. The van der Waals surface area contributed by atoms with E-state index in [2.05, 4.69) is 15.6 Å². The monoisotopic (exact) mass is 287 g/mol. The van der Waals surface area contributed by atoms with Gasteiger partial charge in [0.25, 0.3) is 5.91 Å². The van der Waals surface area contributed by atoms with Crippen molar-refractivity contribution in [1.29, 1.82) is 0 Å². The van der Waals surface area contributed by atoms with Crippen molar-refractivity contribution in [3.63, 3.8) is 0 Å². The molecule has 0 aliphatic carbocycles. The summed E-state index contributed by atoms with van der Waals surface area (Å²) >= 11 is 1.67. The van der Waals surface area contributed by atoms with E-state index in [0.717, 1.165) is 22.8 Å². The number of carbonyl (C=O) groups excluding carboxylic acids is 1. The van der Waals surface area contributed by atoms with E-state index in [9.17, 15) is 4.79 Å². The molecule has 2 N–H and O–H groups in total. The van der Waals surface area contributed by atoms with Crippen LogP contribution in [-0.4, -0.2) is 23.7 Å². The lowest BCUT2D eigenvalue weighted by Gasteiger charge is -2.06. The van der Waals surface area contributed by atoms with Crippen LogP contribution in [-0.2, 0) is 0 Å². The van der Waals surface area contributed by atoms with Gasteiger partial charge in [-0.25, -0.2) is 4.98 Å². The summed E-state index contributed by atoms with van der Waals surface area (Å²) in [7, 11) is 0. The minimum absolute atomic E-state index is 0.204. The van der Waals surface area contributed by atoms with Gasteiger partial charge in [0.1, 0.15) is 5.69 Å². The molecule has 4 nitrogen and oxygen atoms in total. The number of anilines is 2. The van der Waals surface area contributed by atoms with Gasteiger partial charge in [0, 0.05) is 17.1 Å². The largest absolute Gasteiger partial charge is 0.384 e. The van der Waals surface area contributed by atoms with Crippen molar-refractivity contribution < 1.29 is 4.79 Å². The molecular formula is C15H17N3OS. The predicted molar refractivity (Wildman–Crippen MR) is 84.6 cm³/mol. The van der Waals surface area contributed by atoms with Gasteiger partial charge in [-0.1, -0.05) is 0 Å². The van der Waals surface area contributed by atoms with Crippen LogP contribution in [0.4, 0.5) is 11.4 Å². The van der Waals surface area contributed by atoms with Crippen LogP contribution >= 0.6 is 11.8 Å². The lowest BCUT2D eigenvalue weighted by atomic mass is 10.3. The highest BCUT2D eigenvalue weighted by molar-refractivity contribution is 7.98. The van der Waals surface area contributed by atoms with Gasteiger partial charge in [0.2, 0.25) is 0 Å². The Balaban J connectivity index is 2.03. The van der Waals surface area contributed by atoms with Crippen molar-refractivity contribution in [2.75, 3.05) is 23.4 Å². The van der Waals surface area contributed by atoms with E-state index in [4.69, 9.17) is 0 Å². The first-order valence-corrected chi connectivity index (χ1v) is 7.60. The summed E-state index contributed by atoms with van der Waals surface area (Å²) in [5.41, 5.74) is 2.08. The van der Waals surface area contributed by atoms with Crippen LogP contribution in [0.15, 0.2) is 47.5 Å².